The SMILES string of the molecule is Cc1cnc(N)n1Cc1c(F)cccc1Cl. The number of aryl methyl sites for hydroxylation is 1. The largest absolute Gasteiger partial charge is 0.369 e. The van der Waals surface area contributed by atoms with Gasteiger partial charge >= 0.3 is 0 Å². The Balaban J connectivity index is 2.41. The summed E-state index contributed by atoms with van der Waals surface area (Å²) in [5, 5.41) is 0.396. The molecule has 0 unspecified atom stereocenters. The summed E-state index contributed by atoms with van der Waals surface area (Å²) in [6, 6.07) is 4.61. The molecule has 0 saturated carbocycles. The molecule has 1 aromatic heterocycles. The van der Waals surface area contributed by atoms with Crippen LogP contribution in [0.4, 0.5) is 10.3 Å². The molecular formula is C11H11ClFN3. The van der Waals surface area contributed by atoms with Crippen molar-refractivity contribution in [1.29, 1.82) is 0 Å². The maximum atomic E-state index is 13.5. The van der Waals surface area contributed by atoms with Gasteiger partial charge in [-0.3, -0.25) is 0 Å². The second-order valence-electron chi connectivity index (χ2n) is 3.54. The lowest BCUT2D eigenvalue weighted by atomic mass is 10.2. The predicted octanol–water partition coefficient (Wildman–Crippen LogP) is 2.61. The van der Waals surface area contributed by atoms with E-state index >= 15 is 0 Å². The summed E-state index contributed by atoms with van der Waals surface area (Å²) in [6.45, 7) is 2.15. The third kappa shape index (κ3) is 1.88. The van der Waals surface area contributed by atoms with Crippen LogP contribution in [0.2, 0.25) is 5.02 Å². The number of hydrogen-bond acceptors (Lipinski definition) is 2. The van der Waals surface area contributed by atoms with E-state index in [9.17, 15) is 4.39 Å². The summed E-state index contributed by atoms with van der Waals surface area (Å²) >= 11 is 5.94. The molecule has 0 aliphatic rings. The van der Waals surface area contributed by atoms with Gasteiger partial charge < -0.3 is 10.3 Å². The summed E-state index contributed by atoms with van der Waals surface area (Å²) < 4.78 is 15.3. The zero-order valence-corrected chi connectivity index (χ0v) is 9.50. The number of anilines is 1. The molecule has 0 atom stereocenters. The predicted molar refractivity (Wildman–Crippen MR) is 61.9 cm³/mol. The molecule has 3 nitrogen and oxygen atoms in total. The number of benzene rings is 1. The Morgan fingerprint density at radius 1 is 1.50 bits per heavy atom. The highest BCUT2D eigenvalue weighted by Crippen LogP contribution is 2.21. The van der Waals surface area contributed by atoms with E-state index < -0.39 is 0 Å². The van der Waals surface area contributed by atoms with E-state index in [0.717, 1.165) is 5.69 Å². The minimum Gasteiger partial charge on any atom is -0.369 e. The number of nitrogen functional groups attached to an aromatic ring is 1. The standard InChI is InChI=1S/C11H11ClFN3/c1-7-5-15-11(14)16(7)6-8-9(12)3-2-4-10(8)13/h2-5H,6H2,1H3,(H2,14,15). The van der Waals surface area contributed by atoms with Crippen LogP contribution in [0.15, 0.2) is 24.4 Å². The Labute approximate surface area is 97.7 Å². The Kier molecular flexibility index (Phi) is 2.83. The number of halogens is 2. The summed E-state index contributed by atoms with van der Waals surface area (Å²) in [6.07, 6.45) is 1.64. The van der Waals surface area contributed by atoms with Crippen molar-refractivity contribution in [3.05, 3.63) is 46.5 Å². The summed E-state index contributed by atoms with van der Waals surface area (Å²) in [7, 11) is 0. The van der Waals surface area contributed by atoms with Crippen LogP contribution in [0, 0.1) is 12.7 Å². The number of hydrogen-bond donors (Lipinski definition) is 1. The summed E-state index contributed by atoms with van der Waals surface area (Å²) in [5.74, 6) is 0.0248. The lowest BCUT2D eigenvalue weighted by molar-refractivity contribution is 0.599. The van der Waals surface area contributed by atoms with Gasteiger partial charge in [-0.05, 0) is 19.1 Å². The Bertz CT molecular complexity index is 482. The molecule has 0 spiro atoms. The van der Waals surface area contributed by atoms with Gasteiger partial charge in [0, 0.05) is 16.3 Å². The smallest absolute Gasteiger partial charge is 0.200 e. The molecule has 0 radical (unpaired) electrons. The molecule has 5 heteroatoms. The van der Waals surface area contributed by atoms with Crippen LogP contribution in [-0.4, -0.2) is 9.55 Å². The van der Waals surface area contributed by atoms with Crippen LogP contribution >= 0.6 is 11.6 Å². The van der Waals surface area contributed by atoms with Crippen LogP contribution in [0.3, 0.4) is 0 Å². The van der Waals surface area contributed by atoms with Crippen molar-refractivity contribution in [2.24, 2.45) is 0 Å². The van der Waals surface area contributed by atoms with Gasteiger partial charge in [-0.25, -0.2) is 9.37 Å². The van der Waals surface area contributed by atoms with Crippen LogP contribution in [0.5, 0.6) is 0 Å². The molecule has 16 heavy (non-hydrogen) atoms. The molecule has 1 heterocycles. The second-order valence-corrected chi connectivity index (χ2v) is 3.95. The van der Waals surface area contributed by atoms with Gasteiger partial charge in [0.25, 0.3) is 0 Å². The number of aromatic nitrogens is 2. The first-order valence-corrected chi connectivity index (χ1v) is 5.18. The molecule has 0 fully saturated rings. The molecule has 0 saturated heterocycles. The molecule has 0 amide bonds. The zero-order valence-electron chi connectivity index (χ0n) is 8.74. The van der Waals surface area contributed by atoms with E-state index in [2.05, 4.69) is 4.98 Å². The fourth-order valence-electron chi connectivity index (χ4n) is 1.53. The topological polar surface area (TPSA) is 43.8 Å². The van der Waals surface area contributed by atoms with Crippen molar-refractivity contribution in [1.82, 2.24) is 9.55 Å². The molecule has 0 aliphatic heterocycles. The van der Waals surface area contributed by atoms with E-state index in [0.29, 0.717) is 23.1 Å². The maximum absolute atomic E-state index is 13.5. The van der Waals surface area contributed by atoms with E-state index in [4.69, 9.17) is 17.3 Å². The van der Waals surface area contributed by atoms with Gasteiger partial charge in [0.1, 0.15) is 5.82 Å². The number of imidazole rings is 1. The summed E-state index contributed by atoms with van der Waals surface area (Å²) in [4.78, 5) is 3.95. The van der Waals surface area contributed by atoms with Gasteiger partial charge in [-0.15, -0.1) is 0 Å². The van der Waals surface area contributed by atoms with Gasteiger partial charge in [0.2, 0.25) is 5.95 Å². The minimum absolute atomic E-state index is 0.295. The Morgan fingerprint density at radius 3 is 2.81 bits per heavy atom. The molecule has 2 rings (SSSR count). The van der Waals surface area contributed by atoms with Crippen LogP contribution in [-0.2, 0) is 6.54 Å². The molecule has 1 aromatic carbocycles. The fourth-order valence-corrected chi connectivity index (χ4v) is 1.75. The molecule has 0 bridgehead atoms. The quantitative estimate of drug-likeness (QED) is 0.876. The van der Waals surface area contributed by atoms with Crippen molar-refractivity contribution in [2.45, 2.75) is 13.5 Å². The number of rotatable bonds is 2. The lowest BCUT2D eigenvalue weighted by Crippen LogP contribution is -2.08. The molecule has 0 aliphatic carbocycles. The van der Waals surface area contributed by atoms with Crippen LogP contribution in [0.1, 0.15) is 11.3 Å². The van der Waals surface area contributed by atoms with Gasteiger partial charge in [-0.2, -0.15) is 0 Å². The van der Waals surface area contributed by atoms with Crippen molar-refractivity contribution in [3.8, 4) is 0 Å². The van der Waals surface area contributed by atoms with Gasteiger partial charge in [0.15, 0.2) is 0 Å². The highest BCUT2D eigenvalue weighted by Gasteiger charge is 2.10. The van der Waals surface area contributed by atoms with E-state index in [1.807, 2.05) is 6.92 Å². The van der Waals surface area contributed by atoms with Crippen LogP contribution < -0.4 is 5.73 Å². The maximum Gasteiger partial charge on any atom is 0.200 e. The first kappa shape index (κ1) is 11.0. The monoisotopic (exact) mass is 239 g/mol. The highest BCUT2D eigenvalue weighted by atomic mass is 35.5. The van der Waals surface area contributed by atoms with E-state index in [1.165, 1.54) is 6.07 Å². The average molecular weight is 240 g/mol. The van der Waals surface area contributed by atoms with Crippen molar-refractivity contribution in [3.63, 3.8) is 0 Å². The van der Waals surface area contributed by atoms with Crippen molar-refractivity contribution < 1.29 is 4.39 Å². The second kappa shape index (κ2) is 4.14. The van der Waals surface area contributed by atoms with E-state index in [-0.39, 0.29) is 5.82 Å². The first-order valence-electron chi connectivity index (χ1n) is 4.80. The Hall–Kier alpha value is -1.55. The van der Waals surface area contributed by atoms with Gasteiger partial charge in [-0.1, -0.05) is 17.7 Å². The summed E-state index contributed by atoms with van der Waals surface area (Å²) in [5.41, 5.74) is 6.98. The van der Waals surface area contributed by atoms with Gasteiger partial charge in [0.05, 0.1) is 12.7 Å². The fraction of sp³-hybridized carbons (Fsp3) is 0.182. The number of nitrogens with two attached hydrogens (primary N) is 1. The van der Waals surface area contributed by atoms with Crippen LogP contribution in [0.25, 0.3) is 0 Å². The number of nitrogens with zero attached hydrogens (tertiary/aromatic N) is 2. The molecule has 2 aromatic rings. The molecule has 2 N–H and O–H groups in total. The van der Waals surface area contributed by atoms with Crippen molar-refractivity contribution in [2.75, 3.05) is 5.73 Å². The molecule has 84 valence electrons. The first-order chi connectivity index (χ1) is 7.59. The minimum atomic E-state index is -0.333. The normalized spacial score (nSPS) is 10.7. The average Bonchev–Trinajstić information content (AvgIpc) is 2.54. The highest BCUT2D eigenvalue weighted by molar-refractivity contribution is 6.31. The third-order valence-electron chi connectivity index (χ3n) is 2.46. The lowest BCUT2D eigenvalue weighted by Gasteiger charge is -2.09. The third-order valence-corrected chi connectivity index (χ3v) is 2.82. The zero-order chi connectivity index (χ0) is 11.7. The molecular weight excluding hydrogens is 229 g/mol. The Morgan fingerprint density at radius 2 is 2.25 bits per heavy atom. The van der Waals surface area contributed by atoms with Crippen molar-refractivity contribution >= 4 is 17.5 Å². The van der Waals surface area contributed by atoms with E-state index in [1.54, 1.807) is 22.9 Å².